The molecule has 0 spiro atoms. The Labute approximate surface area is 85.7 Å². The first-order valence-electron chi connectivity index (χ1n) is 4.79. The predicted octanol–water partition coefficient (Wildman–Crippen LogP) is 1.51. The van der Waals surface area contributed by atoms with E-state index < -0.39 is 17.5 Å². The van der Waals surface area contributed by atoms with Crippen LogP contribution in [-0.2, 0) is 0 Å². The van der Waals surface area contributed by atoms with Gasteiger partial charge in [-0.2, -0.15) is 0 Å². The molecule has 1 aromatic rings. The van der Waals surface area contributed by atoms with Gasteiger partial charge in [-0.25, -0.2) is 13.2 Å². The van der Waals surface area contributed by atoms with Gasteiger partial charge in [-0.15, -0.1) is 0 Å². The zero-order valence-corrected chi connectivity index (χ0v) is 8.06. The Balaban J connectivity index is 2.36. The number of hydrogen-bond donors (Lipinski definition) is 1. The quantitative estimate of drug-likeness (QED) is 0.716. The Kier molecular flexibility index (Phi) is 2.81. The summed E-state index contributed by atoms with van der Waals surface area (Å²) in [4.78, 5) is 1.52. The normalized spacial score (nSPS) is 16.9. The molecule has 0 amide bonds. The van der Waals surface area contributed by atoms with E-state index in [1.54, 1.807) is 0 Å². The summed E-state index contributed by atoms with van der Waals surface area (Å²) < 4.78 is 39.6. The van der Waals surface area contributed by atoms with Crippen molar-refractivity contribution in [3.8, 4) is 0 Å². The van der Waals surface area contributed by atoms with Crippen molar-refractivity contribution < 1.29 is 13.2 Å². The molecule has 1 fully saturated rings. The molecule has 0 aromatic heterocycles. The maximum absolute atomic E-state index is 13.4. The van der Waals surface area contributed by atoms with E-state index in [0.717, 1.165) is 12.1 Å². The van der Waals surface area contributed by atoms with Gasteiger partial charge < -0.3 is 10.2 Å². The van der Waals surface area contributed by atoms with Gasteiger partial charge in [-0.3, -0.25) is 0 Å². The van der Waals surface area contributed by atoms with Crippen molar-refractivity contribution in [2.45, 2.75) is 0 Å². The van der Waals surface area contributed by atoms with E-state index in [4.69, 9.17) is 0 Å². The Bertz CT molecular complexity index is 362. The van der Waals surface area contributed by atoms with Crippen molar-refractivity contribution in [3.63, 3.8) is 0 Å². The van der Waals surface area contributed by atoms with E-state index in [-0.39, 0.29) is 5.69 Å². The van der Waals surface area contributed by atoms with Crippen molar-refractivity contribution in [1.82, 2.24) is 5.32 Å². The summed E-state index contributed by atoms with van der Waals surface area (Å²) in [6.07, 6.45) is 0. The number of benzene rings is 1. The third-order valence-electron chi connectivity index (χ3n) is 2.45. The van der Waals surface area contributed by atoms with E-state index >= 15 is 0 Å². The summed E-state index contributed by atoms with van der Waals surface area (Å²) in [5, 5.41) is 3.06. The fraction of sp³-hybridized carbons (Fsp3) is 0.400. The van der Waals surface area contributed by atoms with Crippen molar-refractivity contribution in [2.24, 2.45) is 0 Å². The van der Waals surface area contributed by atoms with Crippen LogP contribution in [0.3, 0.4) is 0 Å². The van der Waals surface area contributed by atoms with Crippen LogP contribution >= 0.6 is 0 Å². The summed E-state index contributed by atoms with van der Waals surface area (Å²) in [5.74, 6) is -2.82. The number of nitrogens with zero attached hydrogens (tertiary/aromatic N) is 1. The lowest BCUT2D eigenvalue weighted by Gasteiger charge is -2.29. The molecule has 82 valence electrons. The minimum atomic E-state index is -1.10. The molecule has 1 N–H and O–H groups in total. The zero-order chi connectivity index (χ0) is 10.8. The molecule has 0 bridgehead atoms. The SMILES string of the molecule is Fc1ccc(F)c(N2CCNCC2)c1F. The van der Waals surface area contributed by atoms with E-state index in [2.05, 4.69) is 5.32 Å². The minimum Gasteiger partial charge on any atom is -0.364 e. The topological polar surface area (TPSA) is 15.3 Å². The fourth-order valence-corrected chi connectivity index (χ4v) is 1.69. The van der Waals surface area contributed by atoms with Crippen LogP contribution < -0.4 is 10.2 Å². The van der Waals surface area contributed by atoms with Gasteiger partial charge in [0, 0.05) is 26.2 Å². The van der Waals surface area contributed by atoms with Crippen LogP contribution in [0.4, 0.5) is 18.9 Å². The summed E-state index contributed by atoms with van der Waals surface area (Å²) in [5.41, 5.74) is -0.253. The second-order valence-electron chi connectivity index (χ2n) is 3.43. The zero-order valence-electron chi connectivity index (χ0n) is 8.06. The van der Waals surface area contributed by atoms with Crippen molar-refractivity contribution >= 4 is 5.69 Å². The van der Waals surface area contributed by atoms with Crippen molar-refractivity contribution in [3.05, 3.63) is 29.6 Å². The Hall–Kier alpha value is -1.23. The van der Waals surface area contributed by atoms with E-state index in [1.807, 2.05) is 0 Å². The van der Waals surface area contributed by atoms with Gasteiger partial charge in [0.05, 0.1) is 0 Å². The molecule has 1 aliphatic rings. The molecular weight excluding hydrogens is 205 g/mol. The van der Waals surface area contributed by atoms with Gasteiger partial charge in [0.2, 0.25) is 0 Å². The molecular formula is C10H11F3N2. The van der Waals surface area contributed by atoms with Crippen LogP contribution in [-0.4, -0.2) is 26.2 Å². The maximum atomic E-state index is 13.4. The smallest absolute Gasteiger partial charge is 0.185 e. The largest absolute Gasteiger partial charge is 0.364 e. The van der Waals surface area contributed by atoms with E-state index in [0.29, 0.717) is 26.2 Å². The highest BCUT2D eigenvalue weighted by atomic mass is 19.2. The van der Waals surface area contributed by atoms with Gasteiger partial charge in [0.1, 0.15) is 11.5 Å². The van der Waals surface area contributed by atoms with Crippen molar-refractivity contribution in [1.29, 1.82) is 0 Å². The van der Waals surface area contributed by atoms with Gasteiger partial charge in [-0.05, 0) is 12.1 Å². The molecule has 0 atom stereocenters. The highest BCUT2D eigenvalue weighted by Crippen LogP contribution is 2.25. The fourth-order valence-electron chi connectivity index (χ4n) is 1.69. The van der Waals surface area contributed by atoms with Crippen LogP contribution in [0.2, 0.25) is 0 Å². The average Bonchev–Trinajstić information content (AvgIpc) is 2.26. The third-order valence-corrected chi connectivity index (χ3v) is 2.45. The summed E-state index contributed by atoms with van der Waals surface area (Å²) in [7, 11) is 0. The molecule has 1 aromatic carbocycles. The highest BCUT2D eigenvalue weighted by Gasteiger charge is 2.21. The first kappa shape index (κ1) is 10.3. The van der Waals surface area contributed by atoms with Gasteiger partial charge in [0.15, 0.2) is 11.6 Å². The summed E-state index contributed by atoms with van der Waals surface area (Å²) in [6.45, 7) is 2.26. The minimum absolute atomic E-state index is 0.253. The van der Waals surface area contributed by atoms with E-state index in [1.165, 1.54) is 4.90 Å². The highest BCUT2D eigenvalue weighted by molar-refractivity contribution is 5.50. The molecule has 0 unspecified atom stereocenters. The molecule has 0 radical (unpaired) electrons. The predicted molar refractivity (Wildman–Crippen MR) is 51.4 cm³/mol. The molecule has 2 rings (SSSR count). The number of halogens is 3. The van der Waals surface area contributed by atoms with Gasteiger partial charge in [0.25, 0.3) is 0 Å². The lowest BCUT2D eigenvalue weighted by Crippen LogP contribution is -2.44. The van der Waals surface area contributed by atoms with Crippen LogP contribution in [0.15, 0.2) is 12.1 Å². The van der Waals surface area contributed by atoms with Crippen molar-refractivity contribution in [2.75, 3.05) is 31.1 Å². The van der Waals surface area contributed by atoms with E-state index in [9.17, 15) is 13.2 Å². The van der Waals surface area contributed by atoms with Crippen LogP contribution in [0.25, 0.3) is 0 Å². The number of anilines is 1. The first-order valence-corrected chi connectivity index (χ1v) is 4.79. The molecule has 0 saturated carbocycles. The molecule has 1 heterocycles. The number of hydrogen-bond acceptors (Lipinski definition) is 2. The Morgan fingerprint density at radius 3 is 2.27 bits per heavy atom. The average molecular weight is 216 g/mol. The number of rotatable bonds is 1. The molecule has 1 saturated heterocycles. The van der Waals surface area contributed by atoms with Gasteiger partial charge >= 0.3 is 0 Å². The molecule has 2 nitrogen and oxygen atoms in total. The van der Waals surface area contributed by atoms with Crippen LogP contribution in [0.1, 0.15) is 0 Å². The standard InChI is InChI=1S/C10H11F3N2/c11-7-1-2-8(12)10(9(7)13)15-5-3-14-4-6-15/h1-2,14H,3-6H2. The van der Waals surface area contributed by atoms with Crippen LogP contribution in [0, 0.1) is 17.5 Å². The molecule has 0 aliphatic carbocycles. The number of piperazine rings is 1. The third kappa shape index (κ3) is 1.92. The molecule has 5 heteroatoms. The summed E-state index contributed by atoms with van der Waals surface area (Å²) in [6, 6.07) is 1.76. The second-order valence-corrected chi connectivity index (χ2v) is 3.43. The maximum Gasteiger partial charge on any atom is 0.185 e. The summed E-state index contributed by atoms with van der Waals surface area (Å²) >= 11 is 0. The van der Waals surface area contributed by atoms with Gasteiger partial charge in [-0.1, -0.05) is 0 Å². The Morgan fingerprint density at radius 1 is 1.00 bits per heavy atom. The van der Waals surface area contributed by atoms with Crippen LogP contribution in [0.5, 0.6) is 0 Å². The Morgan fingerprint density at radius 2 is 1.60 bits per heavy atom. The molecule has 1 aliphatic heterocycles. The number of nitrogens with one attached hydrogen (secondary N) is 1. The lowest BCUT2D eigenvalue weighted by molar-refractivity contribution is 0.483. The first-order chi connectivity index (χ1) is 7.20. The monoisotopic (exact) mass is 216 g/mol. The second kappa shape index (κ2) is 4.10. The molecule has 15 heavy (non-hydrogen) atoms. The lowest BCUT2D eigenvalue weighted by atomic mass is 10.2.